The molecule has 1 fully saturated rings. The molecule has 0 atom stereocenters. The van der Waals surface area contributed by atoms with E-state index in [9.17, 15) is 0 Å². The van der Waals surface area contributed by atoms with E-state index in [1.54, 1.807) is 0 Å². The van der Waals surface area contributed by atoms with Crippen molar-refractivity contribution in [2.24, 2.45) is 5.92 Å². The number of anilines is 2. The lowest BCUT2D eigenvalue weighted by atomic mass is 9.97. The third kappa shape index (κ3) is 2.72. The monoisotopic (exact) mass is 274 g/mol. The molecule has 20 heavy (non-hydrogen) atoms. The van der Waals surface area contributed by atoms with Crippen LogP contribution in [0.3, 0.4) is 0 Å². The van der Waals surface area contributed by atoms with E-state index < -0.39 is 0 Å². The first kappa shape index (κ1) is 13.2. The molecule has 0 spiro atoms. The number of rotatable bonds is 3. The van der Waals surface area contributed by atoms with Gasteiger partial charge in [0.2, 0.25) is 0 Å². The van der Waals surface area contributed by atoms with E-state index in [0.717, 1.165) is 48.4 Å². The molecule has 0 radical (unpaired) electrons. The van der Waals surface area contributed by atoms with Crippen LogP contribution in [0.15, 0.2) is 22.6 Å². The summed E-state index contributed by atoms with van der Waals surface area (Å²) >= 11 is 0. The molecule has 5 heteroatoms. The van der Waals surface area contributed by atoms with Crippen molar-refractivity contribution in [1.82, 2.24) is 9.88 Å². The quantitative estimate of drug-likeness (QED) is 0.869. The summed E-state index contributed by atoms with van der Waals surface area (Å²) in [5, 5.41) is 0. The number of hydrogen-bond acceptors (Lipinski definition) is 5. The van der Waals surface area contributed by atoms with Gasteiger partial charge in [-0.3, -0.25) is 0 Å². The lowest BCUT2D eigenvalue weighted by Crippen LogP contribution is -2.37. The molecule has 2 aromatic rings. The number of oxazole rings is 1. The van der Waals surface area contributed by atoms with Gasteiger partial charge in [-0.25, -0.2) is 0 Å². The van der Waals surface area contributed by atoms with Gasteiger partial charge in [-0.1, -0.05) is 0 Å². The summed E-state index contributed by atoms with van der Waals surface area (Å²) in [6.45, 7) is 3.19. The fourth-order valence-corrected chi connectivity index (χ4v) is 2.89. The van der Waals surface area contributed by atoms with Gasteiger partial charge >= 0.3 is 0 Å². The van der Waals surface area contributed by atoms with Gasteiger partial charge in [-0.15, -0.1) is 0 Å². The Labute approximate surface area is 119 Å². The Bertz CT molecular complexity index is 585. The molecule has 5 nitrogen and oxygen atoms in total. The van der Waals surface area contributed by atoms with E-state index >= 15 is 0 Å². The highest BCUT2D eigenvalue weighted by atomic mass is 16.4. The summed E-state index contributed by atoms with van der Waals surface area (Å²) in [6, 6.07) is 6.33. The average Bonchev–Trinajstić information content (AvgIpc) is 2.81. The Morgan fingerprint density at radius 2 is 2.10 bits per heavy atom. The maximum atomic E-state index is 5.83. The first-order valence-electron chi connectivity index (χ1n) is 7.17. The first-order valence-corrected chi connectivity index (χ1v) is 7.17. The molecule has 1 aromatic heterocycles. The minimum atomic E-state index is 0.724. The second-order valence-electron chi connectivity index (χ2n) is 5.92. The highest BCUT2D eigenvalue weighted by Crippen LogP contribution is 2.27. The van der Waals surface area contributed by atoms with Crippen molar-refractivity contribution in [2.45, 2.75) is 12.8 Å². The topological polar surface area (TPSA) is 58.5 Å². The van der Waals surface area contributed by atoms with E-state index in [0.29, 0.717) is 0 Å². The fraction of sp³-hybridized carbons (Fsp3) is 0.533. The Kier molecular flexibility index (Phi) is 3.53. The molecule has 3 rings (SSSR count). The zero-order valence-corrected chi connectivity index (χ0v) is 12.2. The van der Waals surface area contributed by atoms with Gasteiger partial charge in [-0.2, -0.15) is 4.98 Å². The van der Waals surface area contributed by atoms with Gasteiger partial charge in [0.25, 0.3) is 6.01 Å². The van der Waals surface area contributed by atoms with Crippen molar-refractivity contribution in [3.05, 3.63) is 18.2 Å². The van der Waals surface area contributed by atoms with Crippen molar-refractivity contribution in [1.29, 1.82) is 0 Å². The Balaban J connectivity index is 1.70. The van der Waals surface area contributed by atoms with Crippen molar-refractivity contribution in [2.75, 3.05) is 44.4 Å². The van der Waals surface area contributed by atoms with Gasteiger partial charge in [0.1, 0.15) is 5.52 Å². The number of fused-ring (bicyclic) bond motifs is 1. The molecule has 1 aromatic carbocycles. The summed E-state index contributed by atoms with van der Waals surface area (Å²) < 4.78 is 5.83. The third-order valence-electron chi connectivity index (χ3n) is 3.91. The molecular weight excluding hydrogens is 252 g/mol. The van der Waals surface area contributed by atoms with Crippen LogP contribution in [0.2, 0.25) is 0 Å². The predicted octanol–water partition coefficient (Wildman–Crippen LogP) is 2.19. The van der Waals surface area contributed by atoms with E-state index in [2.05, 4.69) is 28.9 Å². The molecule has 0 saturated carbocycles. The molecule has 0 unspecified atom stereocenters. The molecule has 108 valence electrons. The number of hydrogen-bond donors (Lipinski definition) is 1. The number of piperidine rings is 1. The van der Waals surface area contributed by atoms with Crippen LogP contribution in [0.4, 0.5) is 11.7 Å². The van der Waals surface area contributed by atoms with E-state index in [1.165, 1.54) is 12.8 Å². The van der Waals surface area contributed by atoms with E-state index in [1.807, 2.05) is 18.2 Å². The number of nitrogens with two attached hydrogens (primary N) is 1. The second-order valence-corrected chi connectivity index (χ2v) is 5.92. The highest BCUT2D eigenvalue weighted by molar-refractivity contribution is 5.78. The van der Waals surface area contributed by atoms with Crippen LogP contribution in [-0.4, -0.2) is 43.6 Å². The maximum Gasteiger partial charge on any atom is 0.298 e. The summed E-state index contributed by atoms with van der Waals surface area (Å²) in [7, 11) is 4.27. The van der Waals surface area contributed by atoms with E-state index in [-0.39, 0.29) is 0 Å². The smallest absolute Gasteiger partial charge is 0.298 e. The zero-order chi connectivity index (χ0) is 14.1. The van der Waals surface area contributed by atoms with Crippen LogP contribution in [0, 0.1) is 5.92 Å². The van der Waals surface area contributed by atoms with Crippen molar-refractivity contribution in [3.8, 4) is 0 Å². The SMILES string of the molecule is CN(C)CC1CCN(c2nc3cc(N)ccc3o2)CC1. The van der Waals surface area contributed by atoms with Gasteiger partial charge < -0.3 is 20.0 Å². The highest BCUT2D eigenvalue weighted by Gasteiger charge is 2.22. The molecule has 2 heterocycles. The summed E-state index contributed by atoms with van der Waals surface area (Å²) in [5.41, 5.74) is 8.15. The molecular formula is C15H22N4O. The average molecular weight is 274 g/mol. The molecule has 1 saturated heterocycles. The summed E-state index contributed by atoms with van der Waals surface area (Å²) in [4.78, 5) is 9.06. The van der Waals surface area contributed by atoms with Crippen LogP contribution >= 0.6 is 0 Å². The Hall–Kier alpha value is -1.75. The molecule has 1 aliphatic rings. The third-order valence-corrected chi connectivity index (χ3v) is 3.91. The molecule has 0 bridgehead atoms. The van der Waals surface area contributed by atoms with Crippen LogP contribution in [0.1, 0.15) is 12.8 Å². The molecule has 0 aliphatic carbocycles. The number of benzene rings is 1. The minimum Gasteiger partial charge on any atom is -0.423 e. The van der Waals surface area contributed by atoms with Crippen molar-refractivity contribution >= 4 is 22.8 Å². The van der Waals surface area contributed by atoms with Crippen LogP contribution in [-0.2, 0) is 0 Å². The van der Waals surface area contributed by atoms with Crippen LogP contribution in [0.5, 0.6) is 0 Å². The van der Waals surface area contributed by atoms with E-state index in [4.69, 9.17) is 10.2 Å². The van der Waals surface area contributed by atoms with Gasteiger partial charge in [-0.05, 0) is 51.1 Å². The number of nitrogen functional groups attached to an aromatic ring is 1. The Morgan fingerprint density at radius 1 is 1.35 bits per heavy atom. The normalized spacial score (nSPS) is 17.2. The number of nitrogens with zero attached hydrogens (tertiary/aromatic N) is 3. The van der Waals surface area contributed by atoms with Gasteiger partial charge in [0.05, 0.1) is 0 Å². The van der Waals surface area contributed by atoms with Crippen LogP contribution < -0.4 is 10.6 Å². The lowest BCUT2D eigenvalue weighted by Gasteiger charge is -2.32. The second kappa shape index (κ2) is 5.32. The first-order chi connectivity index (χ1) is 9.61. The number of aromatic nitrogens is 1. The zero-order valence-electron chi connectivity index (χ0n) is 12.2. The largest absolute Gasteiger partial charge is 0.423 e. The molecule has 1 aliphatic heterocycles. The standard InChI is InChI=1S/C15H22N4O/c1-18(2)10-11-5-7-19(8-6-11)15-17-13-9-12(16)3-4-14(13)20-15/h3-4,9,11H,5-8,10,16H2,1-2H3. The summed E-state index contributed by atoms with van der Waals surface area (Å²) in [6.07, 6.45) is 2.39. The van der Waals surface area contributed by atoms with Gasteiger partial charge in [0, 0.05) is 25.3 Å². The predicted molar refractivity (Wildman–Crippen MR) is 81.9 cm³/mol. The Morgan fingerprint density at radius 3 is 2.80 bits per heavy atom. The summed E-state index contributed by atoms with van der Waals surface area (Å²) in [5.74, 6) is 0.779. The molecule has 2 N–H and O–H groups in total. The van der Waals surface area contributed by atoms with Crippen molar-refractivity contribution < 1.29 is 4.42 Å². The van der Waals surface area contributed by atoms with Gasteiger partial charge in [0.15, 0.2) is 5.58 Å². The lowest BCUT2D eigenvalue weighted by molar-refractivity contribution is 0.281. The van der Waals surface area contributed by atoms with Crippen LogP contribution in [0.25, 0.3) is 11.1 Å². The van der Waals surface area contributed by atoms with Crippen molar-refractivity contribution in [3.63, 3.8) is 0 Å². The molecule has 0 amide bonds. The maximum absolute atomic E-state index is 5.83. The fourth-order valence-electron chi connectivity index (χ4n) is 2.89. The minimum absolute atomic E-state index is 0.724.